The Kier molecular flexibility index (Phi) is 4.62. The standard InChI is InChI=1S/C21H22F2N2O/c22-15-4-6-17(7-5-15)24-18-8-10-25(11-9-18)21(26)20-13-19(20)14-2-1-3-16(23)12-14/h1-7,12,18-20,24H,8-11,13H2/t19-,20+/m0/s1. The molecule has 2 atom stereocenters. The lowest BCUT2D eigenvalue weighted by molar-refractivity contribution is -0.133. The van der Waals surface area contributed by atoms with E-state index in [2.05, 4.69) is 5.32 Å². The number of carbonyl (C=O) groups excluding carboxylic acids is 1. The van der Waals surface area contributed by atoms with Crippen LogP contribution in [0.5, 0.6) is 0 Å². The minimum atomic E-state index is -0.242. The Hall–Kier alpha value is -2.43. The zero-order chi connectivity index (χ0) is 18.1. The van der Waals surface area contributed by atoms with Crippen LogP contribution >= 0.6 is 0 Å². The highest BCUT2D eigenvalue weighted by Crippen LogP contribution is 2.48. The summed E-state index contributed by atoms with van der Waals surface area (Å²) in [7, 11) is 0. The zero-order valence-electron chi connectivity index (χ0n) is 14.5. The predicted octanol–water partition coefficient (Wildman–Crippen LogP) is 4.17. The van der Waals surface area contributed by atoms with Gasteiger partial charge in [-0.05, 0) is 67.1 Å². The first-order valence-corrected chi connectivity index (χ1v) is 9.16. The zero-order valence-corrected chi connectivity index (χ0v) is 14.5. The van der Waals surface area contributed by atoms with Crippen molar-refractivity contribution in [3.8, 4) is 0 Å². The maximum absolute atomic E-state index is 13.4. The van der Waals surface area contributed by atoms with E-state index in [9.17, 15) is 13.6 Å². The van der Waals surface area contributed by atoms with Crippen LogP contribution in [0, 0.1) is 17.6 Å². The Morgan fingerprint density at radius 3 is 2.42 bits per heavy atom. The van der Waals surface area contributed by atoms with Gasteiger partial charge < -0.3 is 10.2 Å². The summed E-state index contributed by atoms with van der Waals surface area (Å²) in [6.45, 7) is 1.45. The summed E-state index contributed by atoms with van der Waals surface area (Å²) in [5.41, 5.74) is 1.83. The molecule has 1 amide bonds. The van der Waals surface area contributed by atoms with Crippen LogP contribution in [0.25, 0.3) is 0 Å². The summed E-state index contributed by atoms with van der Waals surface area (Å²) in [5, 5.41) is 3.41. The van der Waals surface area contributed by atoms with Gasteiger partial charge in [-0.3, -0.25) is 4.79 Å². The number of piperidine rings is 1. The van der Waals surface area contributed by atoms with E-state index in [1.165, 1.54) is 24.3 Å². The summed E-state index contributed by atoms with van der Waals surface area (Å²) in [6, 6.07) is 13.2. The number of benzene rings is 2. The third-order valence-electron chi connectivity index (χ3n) is 5.41. The van der Waals surface area contributed by atoms with Crippen molar-refractivity contribution >= 4 is 11.6 Å². The number of likely N-dealkylation sites (tertiary alicyclic amines) is 1. The van der Waals surface area contributed by atoms with E-state index in [4.69, 9.17) is 0 Å². The molecule has 3 nitrogen and oxygen atoms in total. The first kappa shape index (κ1) is 17.0. The Bertz CT molecular complexity index is 785. The molecule has 1 saturated heterocycles. The highest BCUT2D eigenvalue weighted by Gasteiger charge is 2.46. The largest absolute Gasteiger partial charge is 0.382 e. The third-order valence-corrected chi connectivity index (χ3v) is 5.41. The fraction of sp³-hybridized carbons (Fsp3) is 0.381. The van der Waals surface area contributed by atoms with Gasteiger partial charge in [0, 0.05) is 30.7 Å². The number of hydrogen-bond donors (Lipinski definition) is 1. The molecule has 0 radical (unpaired) electrons. The molecule has 136 valence electrons. The Labute approximate surface area is 152 Å². The van der Waals surface area contributed by atoms with Gasteiger partial charge in [-0.1, -0.05) is 12.1 Å². The second kappa shape index (κ2) is 7.06. The van der Waals surface area contributed by atoms with E-state index in [0.29, 0.717) is 6.04 Å². The normalized spacial score (nSPS) is 22.9. The van der Waals surface area contributed by atoms with Crippen molar-refractivity contribution in [3.05, 3.63) is 65.7 Å². The Morgan fingerprint density at radius 2 is 1.73 bits per heavy atom. The quantitative estimate of drug-likeness (QED) is 0.892. The SMILES string of the molecule is O=C([C@@H]1C[C@H]1c1cccc(F)c1)N1CCC(Nc2ccc(F)cc2)CC1. The summed E-state index contributed by atoms with van der Waals surface area (Å²) >= 11 is 0. The van der Waals surface area contributed by atoms with Gasteiger partial charge in [-0.15, -0.1) is 0 Å². The molecule has 1 saturated carbocycles. The van der Waals surface area contributed by atoms with Crippen molar-refractivity contribution in [2.75, 3.05) is 18.4 Å². The third kappa shape index (κ3) is 3.71. The van der Waals surface area contributed by atoms with Gasteiger partial charge in [0.25, 0.3) is 0 Å². The van der Waals surface area contributed by atoms with E-state index in [-0.39, 0.29) is 29.4 Å². The topological polar surface area (TPSA) is 32.3 Å². The molecule has 26 heavy (non-hydrogen) atoms. The summed E-state index contributed by atoms with van der Waals surface area (Å²) < 4.78 is 26.3. The van der Waals surface area contributed by atoms with E-state index < -0.39 is 0 Å². The molecule has 0 unspecified atom stereocenters. The molecular formula is C21H22F2N2O. The second-order valence-electron chi connectivity index (χ2n) is 7.25. The maximum atomic E-state index is 13.4. The van der Waals surface area contributed by atoms with Gasteiger partial charge in [0.2, 0.25) is 5.91 Å². The number of rotatable bonds is 4. The van der Waals surface area contributed by atoms with Crippen molar-refractivity contribution in [2.45, 2.75) is 31.2 Å². The first-order valence-electron chi connectivity index (χ1n) is 9.16. The number of nitrogens with zero attached hydrogens (tertiary/aromatic N) is 1. The second-order valence-corrected chi connectivity index (χ2v) is 7.25. The van der Waals surface area contributed by atoms with E-state index in [0.717, 1.165) is 43.6 Å². The first-order chi connectivity index (χ1) is 12.6. The average Bonchev–Trinajstić information content (AvgIpc) is 3.45. The molecule has 0 aromatic heterocycles. The molecule has 0 spiro atoms. The summed E-state index contributed by atoms with van der Waals surface area (Å²) in [6.07, 6.45) is 2.57. The number of nitrogens with one attached hydrogen (secondary N) is 1. The van der Waals surface area contributed by atoms with E-state index in [1.807, 2.05) is 11.0 Å². The predicted molar refractivity (Wildman–Crippen MR) is 96.9 cm³/mol. The van der Waals surface area contributed by atoms with Crippen LogP contribution in [0.15, 0.2) is 48.5 Å². The molecule has 1 N–H and O–H groups in total. The molecule has 2 aromatic carbocycles. The lowest BCUT2D eigenvalue weighted by atomic mass is 10.0. The number of carbonyl (C=O) groups is 1. The molecule has 4 rings (SSSR count). The van der Waals surface area contributed by atoms with Crippen LogP contribution in [-0.2, 0) is 4.79 Å². The maximum Gasteiger partial charge on any atom is 0.226 e. The lowest BCUT2D eigenvalue weighted by Gasteiger charge is -2.33. The van der Waals surface area contributed by atoms with Gasteiger partial charge in [-0.2, -0.15) is 0 Å². The Morgan fingerprint density at radius 1 is 1.00 bits per heavy atom. The highest BCUT2D eigenvalue weighted by atomic mass is 19.1. The molecular weight excluding hydrogens is 334 g/mol. The van der Waals surface area contributed by atoms with Crippen molar-refractivity contribution in [2.24, 2.45) is 5.92 Å². The van der Waals surface area contributed by atoms with Gasteiger partial charge in [0.1, 0.15) is 11.6 Å². The fourth-order valence-corrected chi connectivity index (χ4v) is 3.83. The van der Waals surface area contributed by atoms with Crippen LogP contribution in [0.3, 0.4) is 0 Å². The summed E-state index contributed by atoms with van der Waals surface area (Å²) in [4.78, 5) is 14.6. The molecule has 2 aliphatic rings. The number of halogens is 2. The Balaban J connectivity index is 1.28. The van der Waals surface area contributed by atoms with Crippen LogP contribution < -0.4 is 5.32 Å². The fourth-order valence-electron chi connectivity index (χ4n) is 3.83. The molecule has 2 fully saturated rings. The van der Waals surface area contributed by atoms with Crippen LogP contribution in [0.1, 0.15) is 30.7 Å². The summed E-state index contributed by atoms with van der Waals surface area (Å²) in [5.74, 6) is -0.132. The smallest absolute Gasteiger partial charge is 0.226 e. The van der Waals surface area contributed by atoms with Crippen molar-refractivity contribution in [3.63, 3.8) is 0 Å². The lowest BCUT2D eigenvalue weighted by Crippen LogP contribution is -2.43. The van der Waals surface area contributed by atoms with Crippen molar-refractivity contribution < 1.29 is 13.6 Å². The monoisotopic (exact) mass is 356 g/mol. The molecule has 5 heteroatoms. The van der Waals surface area contributed by atoms with Gasteiger partial charge in [-0.25, -0.2) is 8.78 Å². The molecule has 1 aliphatic carbocycles. The van der Waals surface area contributed by atoms with Crippen molar-refractivity contribution in [1.29, 1.82) is 0 Å². The van der Waals surface area contributed by atoms with Crippen LogP contribution in [0.2, 0.25) is 0 Å². The molecule has 0 bridgehead atoms. The number of anilines is 1. The molecule has 1 aliphatic heterocycles. The average molecular weight is 356 g/mol. The van der Waals surface area contributed by atoms with E-state index >= 15 is 0 Å². The van der Waals surface area contributed by atoms with E-state index in [1.54, 1.807) is 18.2 Å². The van der Waals surface area contributed by atoms with Gasteiger partial charge >= 0.3 is 0 Å². The number of amides is 1. The minimum absolute atomic E-state index is 0.00147. The van der Waals surface area contributed by atoms with Crippen molar-refractivity contribution in [1.82, 2.24) is 4.90 Å². The van der Waals surface area contributed by atoms with Crippen LogP contribution in [0.4, 0.5) is 14.5 Å². The van der Waals surface area contributed by atoms with Crippen LogP contribution in [-0.4, -0.2) is 29.9 Å². The molecule has 1 heterocycles. The van der Waals surface area contributed by atoms with Gasteiger partial charge in [0.15, 0.2) is 0 Å². The minimum Gasteiger partial charge on any atom is -0.382 e. The highest BCUT2D eigenvalue weighted by molar-refractivity contribution is 5.83. The number of hydrogen-bond acceptors (Lipinski definition) is 2. The van der Waals surface area contributed by atoms with Gasteiger partial charge in [0.05, 0.1) is 0 Å². The molecule has 2 aromatic rings.